The lowest BCUT2D eigenvalue weighted by Gasteiger charge is -2.09. The maximum Gasteiger partial charge on any atom is 0.416 e. The zero-order valence-corrected chi connectivity index (χ0v) is 13.6. The predicted molar refractivity (Wildman–Crippen MR) is 82.5 cm³/mol. The van der Waals surface area contributed by atoms with Crippen LogP contribution in [-0.4, -0.2) is 28.1 Å². The third-order valence-electron chi connectivity index (χ3n) is 2.36. The molecule has 1 N–H and O–H groups in total. The zero-order chi connectivity index (χ0) is 16.2. The highest BCUT2D eigenvalue weighted by Crippen LogP contribution is 2.31. The maximum absolute atomic E-state index is 12.6. The van der Waals surface area contributed by atoms with Gasteiger partial charge in [0.15, 0.2) is 8.68 Å². The van der Waals surface area contributed by atoms with E-state index >= 15 is 0 Å². The van der Waals surface area contributed by atoms with Gasteiger partial charge in [-0.15, -0.1) is 10.2 Å². The summed E-state index contributed by atoms with van der Waals surface area (Å²) in [5, 5.41) is 10.2. The number of rotatable bonds is 5. The molecule has 0 fully saturated rings. The van der Waals surface area contributed by atoms with E-state index in [4.69, 9.17) is 0 Å². The van der Waals surface area contributed by atoms with Crippen LogP contribution in [0.3, 0.4) is 0 Å². The van der Waals surface area contributed by atoms with Crippen molar-refractivity contribution < 1.29 is 18.0 Å². The van der Waals surface area contributed by atoms with Crippen molar-refractivity contribution >= 4 is 46.5 Å². The second-order valence-corrected chi connectivity index (χ2v) is 7.21. The Balaban J connectivity index is 1.92. The summed E-state index contributed by atoms with van der Waals surface area (Å²) >= 11 is 4.01. The number of carbonyl (C=O) groups is 1. The van der Waals surface area contributed by atoms with Crippen LogP contribution in [0.15, 0.2) is 32.9 Å². The monoisotopic (exact) mass is 365 g/mol. The first-order chi connectivity index (χ1) is 10.4. The minimum absolute atomic E-state index is 0.0548. The van der Waals surface area contributed by atoms with Crippen LogP contribution < -0.4 is 5.32 Å². The van der Waals surface area contributed by atoms with E-state index < -0.39 is 17.6 Å². The standard InChI is InChI=1S/C12H10F3N3OS3/c1-20-10-17-18-11(22-10)21-6-9(19)16-8-4-2-3-7(5-8)12(13,14)15/h2-5H,6H2,1H3,(H,16,19). The lowest BCUT2D eigenvalue weighted by molar-refractivity contribution is -0.137. The third-order valence-corrected chi connectivity index (χ3v) is 5.40. The molecule has 0 unspecified atom stereocenters. The number of benzene rings is 1. The number of anilines is 1. The van der Waals surface area contributed by atoms with Gasteiger partial charge >= 0.3 is 6.18 Å². The lowest BCUT2D eigenvalue weighted by atomic mass is 10.2. The second-order valence-electron chi connectivity index (χ2n) is 3.95. The smallest absolute Gasteiger partial charge is 0.325 e. The van der Waals surface area contributed by atoms with Crippen LogP contribution in [0.1, 0.15) is 5.56 Å². The molecule has 2 aromatic rings. The summed E-state index contributed by atoms with van der Waals surface area (Å²) in [6.07, 6.45) is -2.56. The van der Waals surface area contributed by atoms with Gasteiger partial charge in [0.05, 0.1) is 11.3 Å². The van der Waals surface area contributed by atoms with Crippen molar-refractivity contribution in [3.8, 4) is 0 Å². The molecular formula is C12H10F3N3OS3. The molecule has 0 saturated carbocycles. The molecule has 0 atom stereocenters. The molecule has 0 radical (unpaired) electrons. The summed E-state index contributed by atoms with van der Waals surface area (Å²) in [5.41, 5.74) is -0.686. The average Bonchev–Trinajstić information content (AvgIpc) is 2.92. The molecule has 0 spiro atoms. The molecule has 0 aliphatic carbocycles. The van der Waals surface area contributed by atoms with E-state index in [0.717, 1.165) is 16.5 Å². The number of nitrogens with zero attached hydrogens (tertiary/aromatic N) is 2. The number of hydrogen-bond acceptors (Lipinski definition) is 6. The Hall–Kier alpha value is -1.26. The quantitative estimate of drug-likeness (QED) is 0.812. The lowest BCUT2D eigenvalue weighted by Crippen LogP contribution is -2.15. The minimum atomic E-state index is -4.43. The molecule has 0 saturated heterocycles. The molecule has 0 aliphatic heterocycles. The average molecular weight is 365 g/mol. The van der Waals surface area contributed by atoms with E-state index in [1.165, 1.54) is 47.0 Å². The number of aromatic nitrogens is 2. The van der Waals surface area contributed by atoms with Crippen molar-refractivity contribution in [2.24, 2.45) is 0 Å². The van der Waals surface area contributed by atoms with Gasteiger partial charge in [-0.1, -0.05) is 40.9 Å². The van der Waals surface area contributed by atoms with E-state index in [9.17, 15) is 18.0 Å². The van der Waals surface area contributed by atoms with Gasteiger partial charge in [-0.25, -0.2) is 0 Å². The minimum Gasteiger partial charge on any atom is -0.325 e. The summed E-state index contributed by atoms with van der Waals surface area (Å²) in [7, 11) is 0. The number of thioether (sulfide) groups is 2. The van der Waals surface area contributed by atoms with Crippen LogP contribution in [-0.2, 0) is 11.0 Å². The molecule has 1 heterocycles. The SMILES string of the molecule is CSc1nnc(SCC(=O)Nc2cccc(C(F)(F)F)c2)s1. The Morgan fingerprint density at radius 2 is 2.05 bits per heavy atom. The molecule has 1 aromatic heterocycles. The van der Waals surface area contributed by atoms with Crippen molar-refractivity contribution in [3.05, 3.63) is 29.8 Å². The topological polar surface area (TPSA) is 54.9 Å². The van der Waals surface area contributed by atoms with E-state index in [0.29, 0.717) is 4.34 Å². The molecule has 4 nitrogen and oxygen atoms in total. The fourth-order valence-corrected chi connectivity index (χ4v) is 3.67. The van der Waals surface area contributed by atoms with Gasteiger partial charge in [-0.3, -0.25) is 4.79 Å². The van der Waals surface area contributed by atoms with Crippen LogP contribution in [0.5, 0.6) is 0 Å². The molecule has 0 bridgehead atoms. The Morgan fingerprint density at radius 1 is 1.32 bits per heavy atom. The molecule has 2 rings (SSSR count). The highest BCUT2D eigenvalue weighted by atomic mass is 32.2. The van der Waals surface area contributed by atoms with E-state index in [-0.39, 0.29) is 11.4 Å². The van der Waals surface area contributed by atoms with Crippen molar-refractivity contribution in [1.82, 2.24) is 10.2 Å². The molecule has 1 aromatic carbocycles. The van der Waals surface area contributed by atoms with E-state index in [1.54, 1.807) is 0 Å². The van der Waals surface area contributed by atoms with Crippen molar-refractivity contribution in [2.75, 3.05) is 17.3 Å². The zero-order valence-electron chi connectivity index (χ0n) is 11.2. The summed E-state index contributed by atoms with van der Waals surface area (Å²) in [4.78, 5) is 11.8. The highest BCUT2D eigenvalue weighted by molar-refractivity contribution is 8.03. The van der Waals surface area contributed by atoms with Gasteiger partial charge in [0.1, 0.15) is 0 Å². The largest absolute Gasteiger partial charge is 0.416 e. The first-order valence-electron chi connectivity index (χ1n) is 5.86. The van der Waals surface area contributed by atoms with Crippen LogP contribution >= 0.6 is 34.9 Å². The Kier molecular flexibility index (Phi) is 5.70. The Labute approximate surface area is 136 Å². The van der Waals surface area contributed by atoms with Crippen molar-refractivity contribution in [2.45, 2.75) is 14.9 Å². The molecule has 22 heavy (non-hydrogen) atoms. The van der Waals surface area contributed by atoms with Gasteiger partial charge in [-0.05, 0) is 24.5 Å². The first-order valence-corrected chi connectivity index (χ1v) is 8.88. The summed E-state index contributed by atoms with van der Waals surface area (Å²) < 4.78 is 39.2. The number of hydrogen-bond donors (Lipinski definition) is 1. The number of amides is 1. The predicted octanol–water partition coefficient (Wildman–Crippen LogP) is 4.01. The Morgan fingerprint density at radius 3 is 2.68 bits per heavy atom. The van der Waals surface area contributed by atoms with Crippen molar-refractivity contribution in [3.63, 3.8) is 0 Å². The molecule has 10 heteroatoms. The first kappa shape index (κ1) is 17.1. The number of nitrogens with one attached hydrogen (secondary N) is 1. The van der Waals surface area contributed by atoms with Gasteiger partial charge in [0.25, 0.3) is 0 Å². The molecule has 1 amide bonds. The normalized spacial score (nSPS) is 11.5. The van der Waals surface area contributed by atoms with Crippen LogP contribution in [0.2, 0.25) is 0 Å². The van der Waals surface area contributed by atoms with Gasteiger partial charge in [-0.2, -0.15) is 13.2 Å². The summed E-state index contributed by atoms with van der Waals surface area (Å²) in [6, 6.07) is 4.52. The van der Waals surface area contributed by atoms with Crippen LogP contribution in [0, 0.1) is 0 Å². The number of alkyl halides is 3. The number of carbonyl (C=O) groups excluding carboxylic acids is 1. The fourth-order valence-electron chi connectivity index (χ4n) is 1.44. The molecule has 118 valence electrons. The van der Waals surface area contributed by atoms with Crippen LogP contribution in [0.4, 0.5) is 18.9 Å². The molecule has 0 aliphatic rings. The van der Waals surface area contributed by atoms with Gasteiger partial charge in [0.2, 0.25) is 5.91 Å². The van der Waals surface area contributed by atoms with Crippen LogP contribution in [0.25, 0.3) is 0 Å². The maximum atomic E-state index is 12.6. The fraction of sp³-hybridized carbons (Fsp3) is 0.250. The van der Waals surface area contributed by atoms with Crippen molar-refractivity contribution in [1.29, 1.82) is 0 Å². The second kappa shape index (κ2) is 7.34. The summed E-state index contributed by atoms with van der Waals surface area (Å²) in [5.74, 6) is -0.343. The Bertz CT molecular complexity index is 660. The highest BCUT2D eigenvalue weighted by Gasteiger charge is 2.30. The van der Waals surface area contributed by atoms with Gasteiger partial charge < -0.3 is 5.32 Å². The van der Waals surface area contributed by atoms with E-state index in [1.807, 2.05) is 6.26 Å². The van der Waals surface area contributed by atoms with Gasteiger partial charge in [0, 0.05) is 5.69 Å². The number of halogens is 3. The van der Waals surface area contributed by atoms with E-state index in [2.05, 4.69) is 15.5 Å². The summed E-state index contributed by atoms with van der Waals surface area (Å²) in [6.45, 7) is 0. The molecular weight excluding hydrogens is 355 g/mol. The third kappa shape index (κ3) is 4.89.